The van der Waals surface area contributed by atoms with E-state index >= 15 is 0 Å². The molecule has 0 atom stereocenters. The Morgan fingerprint density at radius 2 is 1.87 bits per heavy atom. The summed E-state index contributed by atoms with van der Waals surface area (Å²) in [5.41, 5.74) is 4.30. The average molecular weight is 427 g/mol. The zero-order valence-electron chi connectivity index (χ0n) is 17.9. The third-order valence-corrected chi connectivity index (χ3v) is 6.38. The molecule has 164 valence electrons. The third-order valence-electron chi connectivity index (χ3n) is 6.38. The lowest BCUT2D eigenvalue weighted by Crippen LogP contribution is -2.51. The molecule has 1 spiro atoms. The van der Waals surface area contributed by atoms with E-state index in [1.165, 1.54) is 12.1 Å². The van der Waals surface area contributed by atoms with Crippen molar-refractivity contribution in [2.24, 2.45) is 5.92 Å². The van der Waals surface area contributed by atoms with E-state index in [0.29, 0.717) is 35.7 Å². The van der Waals surface area contributed by atoms with Crippen LogP contribution in [0.2, 0.25) is 0 Å². The molecule has 8 nitrogen and oxygen atoms in total. The van der Waals surface area contributed by atoms with Gasteiger partial charge in [0.25, 0.3) is 5.91 Å². The molecule has 0 radical (unpaired) electrons. The van der Waals surface area contributed by atoms with Crippen molar-refractivity contribution in [3.63, 3.8) is 0 Å². The minimum atomic E-state index is -0.907. The fourth-order valence-electron chi connectivity index (χ4n) is 4.40. The van der Waals surface area contributed by atoms with Crippen LogP contribution in [0, 0.1) is 25.6 Å². The number of hydrogen-bond acceptors (Lipinski definition) is 4. The van der Waals surface area contributed by atoms with Gasteiger partial charge in [-0.15, -0.1) is 0 Å². The molecule has 2 aliphatic rings. The van der Waals surface area contributed by atoms with Crippen LogP contribution in [0.5, 0.6) is 0 Å². The molecule has 1 aromatic carbocycles. The number of nitrogens with zero attached hydrogens (tertiary/aromatic N) is 3. The maximum Gasteiger partial charge on any atom is 0.344 e. The second-order valence-electron chi connectivity index (χ2n) is 8.58. The average Bonchev–Trinajstić information content (AvgIpc) is 3.13. The van der Waals surface area contributed by atoms with Gasteiger partial charge in [-0.2, -0.15) is 10.1 Å². The van der Waals surface area contributed by atoms with Gasteiger partial charge in [-0.1, -0.05) is 6.92 Å². The fraction of sp³-hybridized carbons (Fsp3) is 0.455. The Bertz CT molecular complexity index is 1040. The number of rotatable bonds is 4. The van der Waals surface area contributed by atoms with Crippen LogP contribution < -0.4 is 10.7 Å². The largest absolute Gasteiger partial charge is 0.344 e. The Morgan fingerprint density at radius 3 is 2.52 bits per heavy atom. The number of aromatic nitrogens is 2. The van der Waals surface area contributed by atoms with Gasteiger partial charge in [-0.05, 0) is 69.7 Å². The van der Waals surface area contributed by atoms with E-state index in [2.05, 4.69) is 22.8 Å². The van der Waals surface area contributed by atoms with Crippen LogP contribution in [0.4, 0.5) is 9.18 Å². The first-order valence-corrected chi connectivity index (χ1v) is 10.5. The maximum absolute atomic E-state index is 13.2. The number of halogens is 1. The van der Waals surface area contributed by atoms with Gasteiger partial charge in [0.05, 0.1) is 17.8 Å². The maximum atomic E-state index is 13.2. The van der Waals surface area contributed by atoms with Gasteiger partial charge in [0, 0.05) is 11.3 Å². The van der Waals surface area contributed by atoms with E-state index in [-0.39, 0.29) is 12.2 Å². The molecule has 31 heavy (non-hydrogen) atoms. The summed E-state index contributed by atoms with van der Waals surface area (Å²) in [5, 5.41) is 8.05. The molecule has 1 aliphatic heterocycles. The highest BCUT2D eigenvalue weighted by Gasteiger charge is 2.52. The molecule has 1 saturated carbocycles. The number of hydrazine groups is 1. The van der Waals surface area contributed by atoms with Crippen LogP contribution in [0.3, 0.4) is 0 Å². The van der Waals surface area contributed by atoms with Gasteiger partial charge in [0.2, 0.25) is 5.91 Å². The first-order valence-electron chi connectivity index (χ1n) is 10.5. The number of imide groups is 1. The lowest BCUT2D eigenvalue weighted by Gasteiger charge is -2.33. The Hall–Kier alpha value is -3.23. The van der Waals surface area contributed by atoms with Crippen LogP contribution in [-0.2, 0) is 16.0 Å². The molecule has 4 amide bonds. The van der Waals surface area contributed by atoms with Crippen molar-refractivity contribution in [1.29, 1.82) is 0 Å². The molecule has 1 saturated heterocycles. The first-order chi connectivity index (χ1) is 14.7. The first kappa shape index (κ1) is 21.0. The number of nitrogens with one attached hydrogen (secondary N) is 2. The van der Waals surface area contributed by atoms with Crippen LogP contribution in [0.25, 0.3) is 5.69 Å². The topological polar surface area (TPSA) is 96.3 Å². The predicted octanol–water partition coefficient (Wildman–Crippen LogP) is 2.70. The monoisotopic (exact) mass is 427 g/mol. The number of aryl methyl sites for hydroxylation is 1. The second-order valence-corrected chi connectivity index (χ2v) is 8.58. The normalized spacial score (nSPS) is 23.4. The van der Waals surface area contributed by atoms with E-state index in [4.69, 9.17) is 0 Å². The molecule has 9 heteroatoms. The van der Waals surface area contributed by atoms with Gasteiger partial charge in [0.15, 0.2) is 0 Å². The minimum absolute atomic E-state index is 0.0417. The zero-order valence-corrected chi connectivity index (χ0v) is 17.9. The SMILES string of the molecule is Cc1nn(-c2ccc(F)cc2)c(C)c1CC(=O)NN1C(=O)NC2(CCC(C)CC2)C1=O. The van der Waals surface area contributed by atoms with Crippen molar-refractivity contribution in [3.8, 4) is 5.69 Å². The van der Waals surface area contributed by atoms with E-state index in [0.717, 1.165) is 23.5 Å². The molecule has 1 aliphatic carbocycles. The van der Waals surface area contributed by atoms with Crippen molar-refractivity contribution in [2.75, 3.05) is 0 Å². The molecule has 4 rings (SSSR count). The highest BCUT2D eigenvalue weighted by molar-refractivity contribution is 6.08. The predicted molar refractivity (Wildman–Crippen MR) is 111 cm³/mol. The smallest absolute Gasteiger partial charge is 0.322 e. The summed E-state index contributed by atoms with van der Waals surface area (Å²) in [6, 6.07) is 5.31. The zero-order chi connectivity index (χ0) is 22.3. The molecular weight excluding hydrogens is 401 g/mol. The van der Waals surface area contributed by atoms with Gasteiger partial charge >= 0.3 is 6.03 Å². The van der Waals surface area contributed by atoms with Gasteiger partial charge in [-0.25, -0.2) is 13.9 Å². The van der Waals surface area contributed by atoms with E-state index in [9.17, 15) is 18.8 Å². The summed E-state index contributed by atoms with van der Waals surface area (Å²) in [5.74, 6) is -0.700. The second kappa shape index (κ2) is 7.79. The van der Waals surface area contributed by atoms with E-state index < -0.39 is 23.4 Å². The Kier molecular flexibility index (Phi) is 5.28. The number of urea groups is 1. The standard InChI is InChI=1S/C22H26FN5O3/c1-13-8-10-22(11-9-13)20(30)28(21(31)24-22)26-19(29)12-18-14(2)25-27(15(18)3)17-6-4-16(23)5-7-17/h4-7,13H,8-12H2,1-3H3,(H,24,31)(H,26,29). The summed E-state index contributed by atoms with van der Waals surface area (Å²) in [6.45, 7) is 5.73. The number of carbonyl (C=O) groups is 3. The minimum Gasteiger partial charge on any atom is -0.322 e. The fourth-order valence-corrected chi connectivity index (χ4v) is 4.40. The quantitative estimate of drug-likeness (QED) is 0.734. The van der Waals surface area contributed by atoms with Crippen LogP contribution in [-0.4, -0.2) is 38.2 Å². The molecule has 2 aromatic rings. The van der Waals surface area contributed by atoms with E-state index in [1.54, 1.807) is 23.7 Å². The van der Waals surface area contributed by atoms with Crippen molar-refractivity contribution in [1.82, 2.24) is 25.5 Å². The molecule has 1 aromatic heterocycles. The summed E-state index contributed by atoms with van der Waals surface area (Å²) < 4.78 is 14.9. The Morgan fingerprint density at radius 1 is 1.23 bits per heavy atom. The van der Waals surface area contributed by atoms with Crippen molar-refractivity contribution >= 4 is 17.8 Å². The summed E-state index contributed by atoms with van der Waals surface area (Å²) in [7, 11) is 0. The molecule has 0 bridgehead atoms. The lowest BCUT2D eigenvalue weighted by molar-refractivity contribution is -0.139. The van der Waals surface area contributed by atoms with Gasteiger partial charge < -0.3 is 5.32 Å². The molecule has 0 unspecified atom stereocenters. The van der Waals surface area contributed by atoms with Crippen molar-refractivity contribution in [2.45, 2.75) is 58.4 Å². The lowest BCUT2D eigenvalue weighted by atomic mass is 9.77. The molecular formula is C22H26FN5O3. The highest BCUT2D eigenvalue weighted by atomic mass is 19.1. The summed E-state index contributed by atoms with van der Waals surface area (Å²) in [6.07, 6.45) is 2.82. The Balaban J connectivity index is 1.47. The van der Waals surface area contributed by atoms with Gasteiger partial charge in [0.1, 0.15) is 11.4 Å². The molecule has 2 N–H and O–H groups in total. The molecule has 2 heterocycles. The number of carbonyl (C=O) groups excluding carboxylic acids is 3. The van der Waals surface area contributed by atoms with Crippen molar-refractivity contribution < 1.29 is 18.8 Å². The van der Waals surface area contributed by atoms with Crippen molar-refractivity contribution in [3.05, 3.63) is 47.0 Å². The third kappa shape index (κ3) is 3.80. The number of amides is 4. The van der Waals surface area contributed by atoms with Crippen LogP contribution in [0.1, 0.15) is 49.6 Å². The Labute approximate surface area is 179 Å². The number of hydrogen-bond donors (Lipinski definition) is 2. The van der Waals surface area contributed by atoms with E-state index in [1.807, 2.05) is 6.92 Å². The summed E-state index contributed by atoms with van der Waals surface area (Å²) in [4.78, 5) is 38.0. The van der Waals surface area contributed by atoms with Crippen LogP contribution >= 0.6 is 0 Å². The number of benzene rings is 1. The highest BCUT2D eigenvalue weighted by Crippen LogP contribution is 2.35. The van der Waals surface area contributed by atoms with Gasteiger partial charge in [-0.3, -0.25) is 15.0 Å². The van der Waals surface area contributed by atoms with Crippen LogP contribution in [0.15, 0.2) is 24.3 Å². The summed E-state index contributed by atoms with van der Waals surface area (Å²) >= 11 is 0. The molecule has 2 fully saturated rings.